The first-order chi connectivity index (χ1) is 12.5. The predicted molar refractivity (Wildman–Crippen MR) is 94.4 cm³/mol. The number of methoxy groups -OCH3 is 1. The number of ether oxygens (including phenoxy) is 1. The van der Waals surface area contributed by atoms with Crippen molar-refractivity contribution in [3.63, 3.8) is 0 Å². The van der Waals surface area contributed by atoms with Crippen molar-refractivity contribution in [2.75, 3.05) is 13.7 Å². The molecule has 1 aromatic carbocycles. The van der Waals surface area contributed by atoms with Crippen LogP contribution in [0.3, 0.4) is 0 Å². The predicted octanol–water partition coefficient (Wildman–Crippen LogP) is 1.99. The molecule has 0 bridgehead atoms. The Bertz CT molecular complexity index is 830. The van der Waals surface area contributed by atoms with E-state index in [0.717, 1.165) is 19.3 Å². The van der Waals surface area contributed by atoms with Crippen LogP contribution in [-0.2, 0) is 4.79 Å². The number of hydrogen-bond donors (Lipinski definition) is 3. The largest absolute Gasteiger partial charge is 0.497 e. The molecule has 0 aliphatic heterocycles. The second kappa shape index (κ2) is 9.57. The van der Waals surface area contributed by atoms with Gasteiger partial charge in [-0.1, -0.05) is 12.8 Å². The van der Waals surface area contributed by atoms with E-state index in [1.165, 1.54) is 13.2 Å². The summed E-state index contributed by atoms with van der Waals surface area (Å²) in [5.74, 6) is -0.315. The number of carbonyl (C=O) groups is 2. The molecular weight excluding hydrogens is 340 g/mol. The highest BCUT2D eigenvalue weighted by atomic mass is 16.5. The minimum atomic E-state index is -0.696. The minimum absolute atomic E-state index is 0.0396. The van der Waals surface area contributed by atoms with Crippen LogP contribution in [0.25, 0.3) is 11.0 Å². The number of benzene rings is 1. The number of carbonyl (C=O) groups excluding carboxylic acids is 2. The lowest BCUT2D eigenvalue weighted by Crippen LogP contribution is -2.29. The van der Waals surface area contributed by atoms with Crippen LogP contribution >= 0.6 is 0 Å². The van der Waals surface area contributed by atoms with E-state index in [9.17, 15) is 14.4 Å². The van der Waals surface area contributed by atoms with Crippen LogP contribution in [0.15, 0.2) is 33.5 Å². The highest BCUT2D eigenvalue weighted by Gasteiger charge is 2.13. The Morgan fingerprint density at radius 3 is 2.65 bits per heavy atom. The lowest BCUT2D eigenvalue weighted by molar-refractivity contribution is -0.129. The first kappa shape index (κ1) is 19.5. The van der Waals surface area contributed by atoms with Crippen LogP contribution < -0.4 is 21.2 Å². The van der Waals surface area contributed by atoms with E-state index in [0.29, 0.717) is 29.7 Å². The van der Waals surface area contributed by atoms with Crippen molar-refractivity contribution in [3.8, 4) is 5.75 Å². The van der Waals surface area contributed by atoms with E-state index in [1.54, 1.807) is 23.7 Å². The van der Waals surface area contributed by atoms with Gasteiger partial charge in [-0.3, -0.25) is 14.8 Å². The van der Waals surface area contributed by atoms with Crippen LogP contribution in [0.1, 0.15) is 42.5 Å². The molecule has 2 amide bonds. The smallest absolute Gasteiger partial charge is 0.349 e. The number of amides is 2. The highest BCUT2D eigenvalue weighted by molar-refractivity contribution is 5.96. The Balaban J connectivity index is 1.85. The summed E-state index contributed by atoms with van der Waals surface area (Å²) in [7, 11) is 1.52. The molecule has 0 fully saturated rings. The Hall–Kier alpha value is -2.87. The molecule has 0 aliphatic carbocycles. The molecule has 1 aromatic heterocycles. The van der Waals surface area contributed by atoms with Crippen molar-refractivity contribution in [2.24, 2.45) is 0 Å². The molecule has 8 heteroatoms. The van der Waals surface area contributed by atoms with Crippen molar-refractivity contribution in [2.45, 2.75) is 32.1 Å². The first-order valence-electron chi connectivity index (χ1n) is 8.38. The van der Waals surface area contributed by atoms with E-state index in [2.05, 4.69) is 5.32 Å². The van der Waals surface area contributed by atoms with E-state index in [1.807, 2.05) is 0 Å². The van der Waals surface area contributed by atoms with E-state index < -0.39 is 17.4 Å². The summed E-state index contributed by atoms with van der Waals surface area (Å²) >= 11 is 0. The summed E-state index contributed by atoms with van der Waals surface area (Å²) in [5.41, 5.74) is 1.21. The quantitative estimate of drug-likeness (QED) is 0.272. The van der Waals surface area contributed by atoms with Crippen molar-refractivity contribution in [1.29, 1.82) is 0 Å². The maximum Gasteiger partial charge on any atom is 0.349 e. The van der Waals surface area contributed by atoms with Gasteiger partial charge in [0.05, 0.1) is 7.11 Å². The summed E-state index contributed by atoms with van der Waals surface area (Å²) in [6.45, 7) is 0.422. The van der Waals surface area contributed by atoms with Gasteiger partial charge in [0.15, 0.2) is 0 Å². The summed E-state index contributed by atoms with van der Waals surface area (Å²) in [4.78, 5) is 35.0. The summed E-state index contributed by atoms with van der Waals surface area (Å²) < 4.78 is 10.3. The first-order valence-corrected chi connectivity index (χ1v) is 8.38. The zero-order chi connectivity index (χ0) is 18.9. The molecule has 8 nitrogen and oxygen atoms in total. The van der Waals surface area contributed by atoms with Gasteiger partial charge in [-0.05, 0) is 31.0 Å². The second-order valence-electron chi connectivity index (χ2n) is 5.81. The topological polar surface area (TPSA) is 118 Å². The van der Waals surface area contributed by atoms with Crippen molar-refractivity contribution < 1.29 is 24.0 Å². The fraction of sp³-hybridized carbons (Fsp3) is 0.389. The van der Waals surface area contributed by atoms with Gasteiger partial charge in [-0.25, -0.2) is 10.3 Å². The van der Waals surface area contributed by atoms with Gasteiger partial charge in [0.25, 0.3) is 5.91 Å². The Morgan fingerprint density at radius 2 is 1.92 bits per heavy atom. The third-order valence-electron chi connectivity index (χ3n) is 3.93. The van der Waals surface area contributed by atoms with E-state index in [-0.39, 0.29) is 12.0 Å². The molecule has 3 N–H and O–H groups in total. The molecule has 0 saturated carbocycles. The number of nitrogens with one attached hydrogen (secondary N) is 2. The molecule has 0 saturated heterocycles. The maximum absolute atomic E-state index is 12.2. The fourth-order valence-electron chi connectivity index (χ4n) is 2.49. The fourth-order valence-corrected chi connectivity index (χ4v) is 2.49. The molecule has 0 unspecified atom stereocenters. The van der Waals surface area contributed by atoms with Crippen molar-refractivity contribution in [3.05, 3.63) is 40.2 Å². The molecule has 26 heavy (non-hydrogen) atoms. The van der Waals surface area contributed by atoms with Gasteiger partial charge in [0.1, 0.15) is 16.9 Å². The van der Waals surface area contributed by atoms with Crippen LogP contribution in [-0.4, -0.2) is 30.7 Å². The van der Waals surface area contributed by atoms with Gasteiger partial charge in [0.2, 0.25) is 5.91 Å². The normalized spacial score (nSPS) is 10.5. The van der Waals surface area contributed by atoms with Gasteiger partial charge >= 0.3 is 5.63 Å². The molecule has 0 radical (unpaired) electrons. The molecular formula is C18H22N2O6. The SMILES string of the molecule is COc1ccc2cc(C(=O)NCCCCCCC(=O)NO)c(=O)oc2c1. The van der Waals surface area contributed by atoms with Crippen LogP contribution in [0.2, 0.25) is 0 Å². The molecule has 0 aliphatic rings. The Morgan fingerprint density at radius 1 is 1.15 bits per heavy atom. The van der Waals surface area contributed by atoms with Crippen LogP contribution in [0.4, 0.5) is 0 Å². The highest BCUT2D eigenvalue weighted by Crippen LogP contribution is 2.20. The van der Waals surface area contributed by atoms with Gasteiger partial charge < -0.3 is 14.5 Å². The number of rotatable bonds is 9. The number of hydroxylamine groups is 1. The maximum atomic E-state index is 12.2. The lowest BCUT2D eigenvalue weighted by atomic mass is 10.1. The molecule has 0 atom stereocenters. The average molecular weight is 362 g/mol. The zero-order valence-corrected chi connectivity index (χ0v) is 14.5. The van der Waals surface area contributed by atoms with Gasteiger partial charge in [-0.2, -0.15) is 0 Å². The minimum Gasteiger partial charge on any atom is -0.497 e. The van der Waals surface area contributed by atoms with E-state index in [4.69, 9.17) is 14.4 Å². The van der Waals surface area contributed by atoms with Crippen molar-refractivity contribution >= 4 is 22.8 Å². The third kappa shape index (κ3) is 5.32. The molecule has 0 spiro atoms. The van der Waals surface area contributed by atoms with Crippen LogP contribution in [0.5, 0.6) is 5.75 Å². The van der Waals surface area contributed by atoms with E-state index >= 15 is 0 Å². The molecule has 2 rings (SSSR count). The van der Waals surface area contributed by atoms with Crippen molar-refractivity contribution in [1.82, 2.24) is 10.8 Å². The summed E-state index contributed by atoms with van der Waals surface area (Å²) in [5, 5.41) is 11.7. The number of unbranched alkanes of at least 4 members (excludes halogenated alkanes) is 3. The third-order valence-corrected chi connectivity index (χ3v) is 3.93. The molecule has 2 aromatic rings. The second-order valence-corrected chi connectivity index (χ2v) is 5.81. The summed E-state index contributed by atoms with van der Waals surface area (Å²) in [6, 6.07) is 6.54. The monoisotopic (exact) mass is 362 g/mol. The molecule has 1 heterocycles. The van der Waals surface area contributed by atoms with Gasteiger partial charge in [0, 0.05) is 24.4 Å². The Kier molecular flexibility index (Phi) is 7.16. The zero-order valence-electron chi connectivity index (χ0n) is 14.5. The summed E-state index contributed by atoms with van der Waals surface area (Å²) in [6.07, 6.45) is 3.29. The number of fused-ring (bicyclic) bond motifs is 1. The molecule has 140 valence electrons. The standard InChI is InChI=1S/C18H22N2O6/c1-25-13-8-7-12-10-14(18(23)26-15(12)11-13)17(22)19-9-5-3-2-4-6-16(21)20-24/h7-8,10-11,24H,2-6,9H2,1H3,(H,19,22)(H,20,21). The van der Waals surface area contributed by atoms with Crippen LogP contribution in [0, 0.1) is 0 Å². The van der Waals surface area contributed by atoms with Gasteiger partial charge in [-0.15, -0.1) is 0 Å². The lowest BCUT2D eigenvalue weighted by Gasteiger charge is -2.06. The average Bonchev–Trinajstić information content (AvgIpc) is 2.65. The Labute approximate surface area is 150 Å². The number of hydrogen-bond acceptors (Lipinski definition) is 6.